The summed E-state index contributed by atoms with van der Waals surface area (Å²) in [5.74, 6) is 0.523. The van der Waals surface area contributed by atoms with E-state index in [0.717, 1.165) is 35.4 Å². The first-order chi connectivity index (χ1) is 10.2. The van der Waals surface area contributed by atoms with Crippen LogP contribution in [-0.2, 0) is 0 Å². The molecule has 2 rings (SSSR count). The molecule has 21 heavy (non-hydrogen) atoms. The average molecular weight is 287 g/mol. The Bertz CT molecular complexity index is 598. The number of nitrogens with one attached hydrogen (secondary N) is 1. The predicted molar refractivity (Wildman–Crippen MR) is 85.1 cm³/mol. The molecule has 0 amide bonds. The number of halogens is 1. The first-order valence-electron chi connectivity index (χ1n) is 7.33. The molecule has 0 fully saturated rings. The fourth-order valence-electron chi connectivity index (χ4n) is 2.48. The van der Waals surface area contributed by atoms with Gasteiger partial charge in [-0.1, -0.05) is 31.2 Å². The second kappa shape index (κ2) is 7.23. The minimum Gasteiger partial charge on any atom is -0.496 e. The number of benzene rings is 2. The minimum absolute atomic E-state index is 0.158. The van der Waals surface area contributed by atoms with Crippen molar-refractivity contribution in [3.63, 3.8) is 0 Å². The maximum atomic E-state index is 13.7. The summed E-state index contributed by atoms with van der Waals surface area (Å²) in [6.45, 7) is 5.16. The van der Waals surface area contributed by atoms with E-state index in [1.54, 1.807) is 13.2 Å². The van der Waals surface area contributed by atoms with Crippen LogP contribution >= 0.6 is 0 Å². The highest BCUT2D eigenvalue weighted by atomic mass is 19.1. The zero-order valence-corrected chi connectivity index (χ0v) is 12.8. The molecule has 0 aliphatic heterocycles. The van der Waals surface area contributed by atoms with E-state index < -0.39 is 0 Å². The molecule has 0 aliphatic carbocycles. The lowest BCUT2D eigenvalue weighted by atomic mass is 9.94. The third-order valence-corrected chi connectivity index (χ3v) is 3.58. The molecule has 0 aromatic heterocycles. The number of hydrogen-bond donors (Lipinski definition) is 1. The molecular weight excluding hydrogens is 265 g/mol. The molecule has 1 atom stereocenters. The molecule has 1 unspecified atom stereocenters. The summed E-state index contributed by atoms with van der Waals surface area (Å²) < 4.78 is 19.1. The molecule has 0 saturated heterocycles. The van der Waals surface area contributed by atoms with Crippen LogP contribution in [0.25, 0.3) is 11.1 Å². The molecule has 0 spiro atoms. The molecule has 0 radical (unpaired) electrons. The van der Waals surface area contributed by atoms with Crippen molar-refractivity contribution in [3.05, 3.63) is 53.8 Å². The molecule has 1 N–H and O–H groups in total. The zero-order valence-electron chi connectivity index (χ0n) is 12.8. The van der Waals surface area contributed by atoms with E-state index in [2.05, 4.69) is 19.2 Å². The number of methoxy groups -OCH3 is 1. The summed E-state index contributed by atoms with van der Waals surface area (Å²) in [6, 6.07) is 12.8. The molecule has 2 aromatic rings. The van der Waals surface area contributed by atoms with Crippen molar-refractivity contribution in [2.45, 2.75) is 26.3 Å². The van der Waals surface area contributed by atoms with E-state index in [-0.39, 0.29) is 11.9 Å². The molecule has 2 nitrogen and oxygen atoms in total. The summed E-state index contributed by atoms with van der Waals surface area (Å²) in [4.78, 5) is 0. The fourth-order valence-corrected chi connectivity index (χ4v) is 2.48. The second-order valence-corrected chi connectivity index (χ2v) is 5.11. The molecule has 0 aliphatic rings. The van der Waals surface area contributed by atoms with Crippen LogP contribution in [0, 0.1) is 5.82 Å². The van der Waals surface area contributed by atoms with Gasteiger partial charge in [-0.2, -0.15) is 0 Å². The van der Waals surface area contributed by atoms with Crippen LogP contribution in [0.15, 0.2) is 42.5 Å². The van der Waals surface area contributed by atoms with E-state index in [1.165, 1.54) is 6.07 Å². The van der Waals surface area contributed by atoms with E-state index in [0.29, 0.717) is 0 Å². The number of hydrogen-bond acceptors (Lipinski definition) is 2. The van der Waals surface area contributed by atoms with Gasteiger partial charge in [-0.3, -0.25) is 0 Å². The molecule has 112 valence electrons. The number of rotatable bonds is 6. The smallest absolute Gasteiger partial charge is 0.126 e. The Morgan fingerprint density at radius 3 is 2.62 bits per heavy atom. The van der Waals surface area contributed by atoms with Crippen LogP contribution in [0.1, 0.15) is 31.9 Å². The van der Waals surface area contributed by atoms with Gasteiger partial charge in [-0.05, 0) is 49.2 Å². The van der Waals surface area contributed by atoms with Crippen LogP contribution in [0.4, 0.5) is 4.39 Å². The Morgan fingerprint density at radius 2 is 1.90 bits per heavy atom. The highest BCUT2D eigenvalue weighted by Gasteiger charge is 2.15. The average Bonchev–Trinajstić information content (AvgIpc) is 2.52. The highest BCUT2D eigenvalue weighted by Crippen LogP contribution is 2.35. The topological polar surface area (TPSA) is 21.3 Å². The Labute approximate surface area is 126 Å². The van der Waals surface area contributed by atoms with Gasteiger partial charge in [-0.15, -0.1) is 0 Å². The van der Waals surface area contributed by atoms with E-state index in [1.807, 2.05) is 30.3 Å². The van der Waals surface area contributed by atoms with Gasteiger partial charge >= 0.3 is 0 Å². The lowest BCUT2D eigenvalue weighted by molar-refractivity contribution is 0.416. The van der Waals surface area contributed by atoms with E-state index in [4.69, 9.17) is 4.74 Å². The lowest BCUT2D eigenvalue weighted by Gasteiger charge is -2.19. The summed E-state index contributed by atoms with van der Waals surface area (Å²) in [5.41, 5.74) is 2.87. The minimum atomic E-state index is -0.234. The maximum absolute atomic E-state index is 13.7. The largest absolute Gasteiger partial charge is 0.496 e. The molecule has 2 aromatic carbocycles. The van der Waals surface area contributed by atoms with E-state index in [9.17, 15) is 4.39 Å². The van der Waals surface area contributed by atoms with Gasteiger partial charge < -0.3 is 10.1 Å². The van der Waals surface area contributed by atoms with Crippen molar-refractivity contribution in [2.24, 2.45) is 0 Å². The zero-order chi connectivity index (χ0) is 15.2. The van der Waals surface area contributed by atoms with Gasteiger partial charge in [0.25, 0.3) is 0 Å². The third kappa shape index (κ3) is 3.61. The number of ether oxygens (including phenoxy) is 1. The lowest BCUT2D eigenvalue weighted by Crippen LogP contribution is -2.20. The third-order valence-electron chi connectivity index (χ3n) is 3.58. The Kier molecular flexibility index (Phi) is 5.34. The first kappa shape index (κ1) is 15.5. The first-order valence-corrected chi connectivity index (χ1v) is 7.33. The Morgan fingerprint density at radius 1 is 1.14 bits per heavy atom. The summed E-state index contributed by atoms with van der Waals surface area (Å²) in [5, 5.41) is 3.45. The SMILES string of the molecule is CCCNC(C)c1ccc(F)cc1-c1ccccc1OC. The standard InChI is InChI=1S/C18H22FNO/c1-4-11-20-13(2)15-10-9-14(19)12-17(15)16-7-5-6-8-18(16)21-3/h5-10,12-13,20H,4,11H2,1-3H3. The maximum Gasteiger partial charge on any atom is 0.126 e. The molecule has 0 saturated carbocycles. The van der Waals surface area contributed by atoms with Crippen LogP contribution < -0.4 is 10.1 Å². The predicted octanol–water partition coefficient (Wildman–Crippen LogP) is 4.56. The molecule has 0 heterocycles. The van der Waals surface area contributed by atoms with Gasteiger partial charge in [0.2, 0.25) is 0 Å². The van der Waals surface area contributed by atoms with Crippen LogP contribution in [-0.4, -0.2) is 13.7 Å². The van der Waals surface area contributed by atoms with Gasteiger partial charge in [0.1, 0.15) is 11.6 Å². The summed E-state index contributed by atoms with van der Waals surface area (Å²) in [6.07, 6.45) is 1.07. The van der Waals surface area contributed by atoms with Crippen molar-refractivity contribution in [2.75, 3.05) is 13.7 Å². The Balaban J connectivity index is 2.48. The van der Waals surface area contributed by atoms with Gasteiger partial charge in [0, 0.05) is 11.6 Å². The highest BCUT2D eigenvalue weighted by molar-refractivity contribution is 5.74. The normalized spacial score (nSPS) is 12.2. The molecule has 0 bridgehead atoms. The van der Waals surface area contributed by atoms with Crippen molar-refractivity contribution in [1.29, 1.82) is 0 Å². The van der Waals surface area contributed by atoms with Gasteiger partial charge in [0.15, 0.2) is 0 Å². The summed E-state index contributed by atoms with van der Waals surface area (Å²) >= 11 is 0. The second-order valence-electron chi connectivity index (χ2n) is 5.11. The quantitative estimate of drug-likeness (QED) is 0.840. The van der Waals surface area contributed by atoms with Crippen LogP contribution in [0.2, 0.25) is 0 Å². The number of para-hydroxylation sites is 1. The Hall–Kier alpha value is -1.87. The van der Waals surface area contributed by atoms with E-state index >= 15 is 0 Å². The van der Waals surface area contributed by atoms with Gasteiger partial charge in [0.05, 0.1) is 7.11 Å². The molecule has 3 heteroatoms. The van der Waals surface area contributed by atoms with Crippen molar-refractivity contribution < 1.29 is 9.13 Å². The van der Waals surface area contributed by atoms with Crippen LogP contribution in [0.3, 0.4) is 0 Å². The van der Waals surface area contributed by atoms with Crippen molar-refractivity contribution >= 4 is 0 Å². The van der Waals surface area contributed by atoms with Crippen LogP contribution in [0.5, 0.6) is 5.75 Å². The fraction of sp³-hybridized carbons (Fsp3) is 0.333. The van der Waals surface area contributed by atoms with Crippen molar-refractivity contribution in [1.82, 2.24) is 5.32 Å². The van der Waals surface area contributed by atoms with Crippen molar-refractivity contribution in [3.8, 4) is 16.9 Å². The summed E-state index contributed by atoms with van der Waals surface area (Å²) in [7, 11) is 1.64. The molecular formula is C18H22FNO. The van der Waals surface area contributed by atoms with Gasteiger partial charge in [-0.25, -0.2) is 4.39 Å². The monoisotopic (exact) mass is 287 g/mol.